The van der Waals surface area contributed by atoms with Crippen LogP contribution in [0.2, 0.25) is 0 Å². The van der Waals surface area contributed by atoms with Gasteiger partial charge in [0.05, 0.1) is 31.6 Å². The first-order valence-corrected chi connectivity index (χ1v) is 14.6. The Morgan fingerprint density at radius 1 is 0.921 bits per heavy atom. The Hall–Kier alpha value is -2.69. The highest BCUT2D eigenvalue weighted by Gasteiger charge is 2.43. The second-order valence-electron chi connectivity index (χ2n) is 12.2. The van der Waals surface area contributed by atoms with E-state index in [-0.39, 0.29) is 10.8 Å². The summed E-state index contributed by atoms with van der Waals surface area (Å²) in [4.78, 5) is 2.59. The van der Waals surface area contributed by atoms with Gasteiger partial charge in [0, 0.05) is 54.0 Å². The summed E-state index contributed by atoms with van der Waals surface area (Å²) in [6.07, 6.45) is 8.16. The van der Waals surface area contributed by atoms with Crippen molar-refractivity contribution in [2.75, 3.05) is 44.7 Å². The van der Waals surface area contributed by atoms with E-state index in [2.05, 4.69) is 126 Å². The summed E-state index contributed by atoms with van der Waals surface area (Å²) >= 11 is 0. The summed E-state index contributed by atoms with van der Waals surface area (Å²) in [5.41, 5.74) is 15.2. The van der Waals surface area contributed by atoms with Crippen LogP contribution < -0.4 is 10.6 Å². The first-order valence-electron chi connectivity index (χ1n) is 14.6. The van der Waals surface area contributed by atoms with Crippen LogP contribution in [0.15, 0.2) is 66.4 Å². The van der Waals surface area contributed by atoms with Crippen LogP contribution in [0.3, 0.4) is 0 Å². The Morgan fingerprint density at radius 2 is 1.61 bits per heavy atom. The van der Waals surface area contributed by atoms with Crippen LogP contribution in [0, 0.1) is 0 Å². The van der Waals surface area contributed by atoms with E-state index in [0.717, 1.165) is 6.54 Å². The molecule has 4 nitrogen and oxygen atoms in total. The molecule has 0 fully saturated rings. The third-order valence-corrected chi connectivity index (χ3v) is 9.67. The predicted octanol–water partition coefficient (Wildman–Crippen LogP) is 6.66. The maximum atomic E-state index is 5.96. The first-order chi connectivity index (χ1) is 18.1. The minimum Gasteiger partial charge on any atom is -0.344 e. The van der Waals surface area contributed by atoms with Gasteiger partial charge in [-0.05, 0) is 64.0 Å². The fourth-order valence-corrected chi connectivity index (χ4v) is 6.83. The molecule has 0 aliphatic carbocycles. The molecule has 0 unspecified atom stereocenters. The molecule has 0 radical (unpaired) electrons. The third-order valence-electron chi connectivity index (χ3n) is 9.67. The molecule has 2 N–H and O–H groups in total. The predicted molar refractivity (Wildman–Crippen MR) is 164 cm³/mol. The zero-order valence-electron chi connectivity index (χ0n) is 25.1. The minimum absolute atomic E-state index is 0.0338. The number of para-hydroxylation sites is 1. The molecule has 0 aromatic heterocycles. The van der Waals surface area contributed by atoms with Gasteiger partial charge < -0.3 is 15.1 Å². The highest BCUT2D eigenvalue weighted by molar-refractivity contribution is 6.03. The van der Waals surface area contributed by atoms with Gasteiger partial charge >= 0.3 is 0 Å². The van der Waals surface area contributed by atoms with Gasteiger partial charge in [-0.3, -0.25) is 0 Å². The second-order valence-corrected chi connectivity index (χ2v) is 12.2. The lowest BCUT2D eigenvalue weighted by Crippen LogP contribution is -2.48. The van der Waals surface area contributed by atoms with Gasteiger partial charge in [-0.25, -0.2) is 0 Å². The summed E-state index contributed by atoms with van der Waals surface area (Å²) in [6, 6.07) is 15.6. The first kappa shape index (κ1) is 28.3. The van der Waals surface area contributed by atoms with Crippen molar-refractivity contribution in [3.63, 3.8) is 0 Å². The van der Waals surface area contributed by atoms with E-state index < -0.39 is 0 Å². The van der Waals surface area contributed by atoms with Gasteiger partial charge in [-0.1, -0.05) is 44.2 Å². The molecule has 2 aromatic carbocycles. The van der Waals surface area contributed by atoms with Crippen molar-refractivity contribution in [2.24, 2.45) is 5.73 Å². The molecule has 0 atom stereocenters. The van der Waals surface area contributed by atoms with Crippen LogP contribution in [0.4, 0.5) is 11.4 Å². The Morgan fingerprint density at radius 3 is 2.26 bits per heavy atom. The van der Waals surface area contributed by atoms with Crippen molar-refractivity contribution in [3.05, 3.63) is 83.1 Å². The normalized spacial score (nSPS) is 19.1. The Bertz CT molecular complexity index is 1250. The highest BCUT2D eigenvalue weighted by atomic mass is 15.3. The van der Waals surface area contributed by atoms with Gasteiger partial charge in [-0.15, -0.1) is 0 Å². The van der Waals surface area contributed by atoms with Crippen molar-refractivity contribution < 1.29 is 9.06 Å². The van der Waals surface area contributed by atoms with Crippen LogP contribution in [0.25, 0.3) is 0 Å². The molecule has 2 aromatic rings. The lowest BCUT2D eigenvalue weighted by molar-refractivity contribution is -0.923. The van der Waals surface area contributed by atoms with Crippen molar-refractivity contribution in [2.45, 2.75) is 72.3 Å². The molecule has 0 saturated heterocycles. The molecular formula is C34H50N4+2. The van der Waals surface area contributed by atoms with E-state index in [1.165, 1.54) is 76.6 Å². The molecule has 2 aliphatic heterocycles. The van der Waals surface area contributed by atoms with E-state index in [0.29, 0.717) is 6.54 Å². The number of quaternary nitrogens is 1. The van der Waals surface area contributed by atoms with Crippen LogP contribution >= 0.6 is 0 Å². The molecule has 4 heteroatoms. The Balaban J connectivity index is 1.64. The quantitative estimate of drug-likeness (QED) is 0.284. The molecule has 0 bridgehead atoms. The average molecular weight is 515 g/mol. The number of allylic oxidation sites excluding steroid dienone is 4. The topological polar surface area (TPSA) is 32.3 Å². The minimum atomic E-state index is -0.0696. The molecule has 2 aliphatic rings. The number of hydrogen-bond acceptors (Lipinski definition) is 2. The van der Waals surface area contributed by atoms with Crippen molar-refractivity contribution in [3.8, 4) is 0 Å². The second kappa shape index (κ2) is 10.8. The van der Waals surface area contributed by atoms with Crippen molar-refractivity contribution in [1.29, 1.82) is 0 Å². The maximum Gasteiger partial charge on any atom is 0.209 e. The third kappa shape index (κ3) is 4.78. The van der Waals surface area contributed by atoms with Gasteiger partial charge in [0.25, 0.3) is 0 Å². The van der Waals surface area contributed by atoms with Gasteiger partial charge in [0.2, 0.25) is 5.69 Å². The monoisotopic (exact) mass is 514 g/mol. The lowest BCUT2D eigenvalue weighted by atomic mass is 9.80. The molecule has 2 heterocycles. The molecule has 0 spiro atoms. The fourth-order valence-electron chi connectivity index (χ4n) is 6.83. The van der Waals surface area contributed by atoms with Gasteiger partial charge in [-0.2, -0.15) is 4.58 Å². The molecule has 0 saturated carbocycles. The van der Waals surface area contributed by atoms with Gasteiger partial charge in [0.15, 0.2) is 5.71 Å². The SMILES string of the molecule is CC[N+](CC)(CC)CCCN1C(=CC=CC2=[N+](C)c3ccc(CN)cc3C2(C)C)C(C)(C)c2ccccc21. The highest BCUT2D eigenvalue weighted by Crippen LogP contribution is 2.47. The zero-order chi connectivity index (χ0) is 27.7. The number of nitrogens with zero attached hydrogens (tertiary/aromatic N) is 3. The van der Waals surface area contributed by atoms with Crippen LogP contribution in [0.5, 0.6) is 0 Å². The number of anilines is 1. The fraction of sp³-hybridized carbons (Fsp3) is 0.500. The summed E-state index contributed by atoms with van der Waals surface area (Å²) in [5, 5.41) is 0. The molecule has 38 heavy (non-hydrogen) atoms. The molecule has 204 valence electrons. The maximum absolute atomic E-state index is 5.96. The molecular weight excluding hydrogens is 464 g/mol. The summed E-state index contributed by atoms with van der Waals surface area (Å²) < 4.78 is 3.54. The van der Waals surface area contributed by atoms with E-state index in [1.807, 2.05) is 0 Å². The average Bonchev–Trinajstić information content (AvgIpc) is 3.25. The summed E-state index contributed by atoms with van der Waals surface area (Å²) in [7, 11) is 2.18. The molecule has 0 amide bonds. The summed E-state index contributed by atoms with van der Waals surface area (Å²) in [6.45, 7) is 22.9. The van der Waals surface area contributed by atoms with Crippen molar-refractivity contribution >= 4 is 17.1 Å². The number of hydrogen-bond donors (Lipinski definition) is 1. The summed E-state index contributed by atoms with van der Waals surface area (Å²) in [5.74, 6) is 0. The van der Waals surface area contributed by atoms with E-state index in [1.54, 1.807) is 0 Å². The lowest BCUT2D eigenvalue weighted by Gasteiger charge is -2.36. The Labute approximate surface area is 231 Å². The standard InChI is InChI=1S/C34H50N4/c1-9-38(10-2,11-3)23-15-22-37-30-17-13-12-16-27(30)33(4,5)32(37)19-14-18-31-34(6,7)28-24-26(25-35)20-21-29(28)36(31)8/h12-14,16-21,24H,9-11,15,22-23,25,35H2,1-8H3/q+2. The Kier molecular flexibility index (Phi) is 8.07. The number of nitrogens with two attached hydrogens (primary N) is 1. The van der Waals surface area contributed by atoms with Crippen LogP contribution in [-0.4, -0.2) is 54.5 Å². The van der Waals surface area contributed by atoms with Crippen molar-refractivity contribution in [1.82, 2.24) is 0 Å². The number of benzene rings is 2. The van der Waals surface area contributed by atoms with E-state index in [9.17, 15) is 0 Å². The largest absolute Gasteiger partial charge is 0.344 e. The van der Waals surface area contributed by atoms with Gasteiger partial charge in [0.1, 0.15) is 7.05 Å². The number of fused-ring (bicyclic) bond motifs is 2. The van der Waals surface area contributed by atoms with Crippen LogP contribution in [-0.2, 0) is 17.4 Å². The molecule has 4 rings (SSSR count). The number of rotatable bonds is 10. The van der Waals surface area contributed by atoms with E-state index in [4.69, 9.17) is 5.73 Å². The van der Waals surface area contributed by atoms with Crippen LogP contribution in [0.1, 0.15) is 71.6 Å². The van der Waals surface area contributed by atoms with E-state index >= 15 is 0 Å². The zero-order valence-corrected chi connectivity index (χ0v) is 25.1. The smallest absolute Gasteiger partial charge is 0.209 e.